The number of aryl methyl sites for hydroxylation is 1. The first-order chi connectivity index (χ1) is 13.2. The van der Waals surface area contributed by atoms with E-state index < -0.39 is 23.8 Å². The summed E-state index contributed by atoms with van der Waals surface area (Å²) in [5.41, 5.74) is 1.21. The van der Waals surface area contributed by atoms with Gasteiger partial charge in [-0.05, 0) is 25.0 Å². The van der Waals surface area contributed by atoms with E-state index in [-0.39, 0.29) is 30.6 Å². The van der Waals surface area contributed by atoms with E-state index in [0.29, 0.717) is 26.0 Å². The number of amides is 1. The number of thiocarbonyl (C=S) groups is 1. The van der Waals surface area contributed by atoms with Gasteiger partial charge in [0.15, 0.2) is 6.10 Å². The molecule has 1 aromatic heterocycles. The van der Waals surface area contributed by atoms with Crippen molar-refractivity contribution < 1.29 is 29.3 Å². The van der Waals surface area contributed by atoms with Crippen LogP contribution in [-0.4, -0.2) is 49.9 Å². The van der Waals surface area contributed by atoms with Gasteiger partial charge in [-0.1, -0.05) is 30.9 Å². The second kappa shape index (κ2) is 6.80. The Morgan fingerprint density at radius 1 is 1.50 bits per heavy atom. The lowest BCUT2D eigenvalue weighted by Crippen LogP contribution is -2.43. The molecule has 3 N–H and O–H groups in total. The third kappa shape index (κ3) is 3.00. The zero-order chi connectivity index (χ0) is 20.2. The Hall–Kier alpha value is -2.01. The number of ether oxygens (including phenoxy) is 2. The second-order valence-electron chi connectivity index (χ2n) is 7.14. The van der Waals surface area contributed by atoms with E-state index in [1.807, 2.05) is 6.92 Å². The van der Waals surface area contributed by atoms with Gasteiger partial charge < -0.3 is 25.0 Å². The molecule has 1 aromatic rings. The van der Waals surface area contributed by atoms with Crippen LogP contribution in [0.25, 0.3) is 6.08 Å². The van der Waals surface area contributed by atoms with E-state index in [1.165, 1.54) is 12.3 Å². The number of pyridine rings is 1. The van der Waals surface area contributed by atoms with E-state index >= 15 is 0 Å². The number of esters is 1. The molecule has 28 heavy (non-hydrogen) atoms. The molecule has 0 unspecified atom stereocenters. The van der Waals surface area contributed by atoms with Crippen LogP contribution in [-0.2, 0) is 25.5 Å². The van der Waals surface area contributed by atoms with Crippen LogP contribution >= 0.6 is 24.0 Å². The molecule has 148 valence electrons. The highest BCUT2D eigenvalue weighted by atomic mass is 32.2. The summed E-state index contributed by atoms with van der Waals surface area (Å²) in [5, 5.41) is 24.0. The number of rotatable bonds is 3. The van der Waals surface area contributed by atoms with Gasteiger partial charge in [0.25, 0.3) is 5.91 Å². The molecule has 0 aromatic carbocycles. The molecule has 0 aliphatic carbocycles. The number of hydrogen-bond acceptors (Lipinski definition) is 9. The lowest BCUT2D eigenvalue weighted by molar-refractivity contribution is -0.207. The van der Waals surface area contributed by atoms with Gasteiger partial charge in [-0.2, -0.15) is 0 Å². The molecule has 4 heterocycles. The molecule has 4 atom stereocenters. The molecule has 4 rings (SSSR count). The van der Waals surface area contributed by atoms with Gasteiger partial charge in [-0.3, -0.25) is 14.6 Å². The average Bonchev–Trinajstić information content (AvgIpc) is 3.19. The highest BCUT2D eigenvalue weighted by Crippen LogP contribution is 2.45. The van der Waals surface area contributed by atoms with E-state index in [0.717, 1.165) is 11.8 Å². The molecule has 8 nitrogen and oxygen atoms in total. The van der Waals surface area contributed by atoms with Crippen LogP contribution in [0.2, 0.25) is 0 Å². The standard InChI is InChI=1S/C18H18N2O6S2/c1-7-6-25-18(24)11(16(23)26-14(7)18)3-9-5-19-8(2)13(21)10(9)4-12-15(22)20-17(27)28-12/h4-5,7,11,14,21,24H,3,6H2,1-2H3,(H,20,22,27)/b12-4-/t7-,11-,14+,18+/m0/s1. The van der Waals surface area contributed by atoms with Crippen molar-refractivity contribution in [1.29, 1.82) is 0 Å². The number of hydrogen-bond donors (Lipinski definition) is 3. The first-order valence-electron chi connectivity index (χ1n) is 8.70. The molecule has 3 aliphatic rings. The summed E-state index contributed by atoms with van der Waals surface area (Å²) in [4.78, 5) is 28.9. The predicted molar refractivity (Wildman–Crippen MR) is 104 cm³/mol. The Balaban J connectivity index is 1.72. The lowest BCUT2D eigenvalue weighted by Gasteiger charge is -2.25. The van der Waals surface area contributed by atoms with Crippen LogP contribution in [0, 0.1) is 18.8 Å². The Morgan fingerprint density at radius 2 is 2.25 bits per heavy atom. The highest BCUT2D eigenvalue weighted by molar-refractivity contribution is 8.26. The van der Waals surface area contributed by atoms with Crippen LogP contribution in [0.3, 0.4) is 0 Å². The van der Waals surface area contributed by atoms with Crippen LogP contribution < -0.4 is 5.32 Å². The van der Waals surface area contributed by atoms with Gasteiger partial charge in [0.1, 0.15) is 16.0 Å². The van der Waals surface area contributed by atoms with Crippen molar-refractivity contribution in [2.24, 2.45) is 11.8 Å². The third-order valence-corrected chi connectivity index (χ3v) is 6.39. The average molecular weight is 422 g/mol. The highest BCUT2D eigenvalue weighted by Gasteiger charge is 2.63. The summed E-state index contributed by atoms with van der Waals surface area (Å²) >= 11 is 6.08. The fourth-order valence-corrected chi connectivity index (χ4v) is 4.72. The largest absolute Gasteiger partial charge is 0.505 e. The summed E-state index contributed by atoms with van der Waals surface area (Å²) in [5.74, 6) is -3.83. The van der Waals surface area contributed by atoms with Crippen molar-refractivity contribution in [2.75, 3.05) is 6.61 Å². The number of thioether (sulfide) groups is 1. The monoisotopic (exact) mass is 422 g/mol. The second-order valence-corrected chi connectivity index (χ2v) is 8.86. The Labute approximate surface area is 170 Å². The molecule has 0 spiro atoms. The van der Waals surface area contributed by atoms with Gasteiger partial charge in [0.2, 0.25) is 5.79 Å². The molecular formula is C18H18N2O6S2. The van der Waals surface area contributed by atoms with Crippen LogP contribution in [0.1, 0.15) is 23.7 Å². The minimum atomic E-state index is -1.72. The number of fused-ring (bicyclic) bond motifs is 1. The lowest BCUT2D eigenvalue weighted by atomic mass is 9.87. The van der Waals surface area contributed by atoms with Crippen molar-refractivity contribution in [3.05, 3.63) is 27.9 Å². The van der Waals surface area contributed by atoms with Crippen molar-refractivity contribution in [3.8, 4) is 5.75 Å². The SMILES string of the molecule is Cc1ncc(C[C@H]2C(=O)O[C@@H]3[C@@H](C)CO[C@@]32O)c(/C=C2\SC(=S)NC2=O)c1O. The zero-order valence-electron chi connectivity index (χ0n) is 15.1. The minimum Gasteiger partial charge on any atom is -0.505 e. The number of nitrogens with one attached hydrogen (secondary N) is 1. The van der Waals surface area contributed by atoms with Gasteiger partial charge in [0.05, 0.1) is 17.2 Å². The number of aliphatic hydroxyl groups is 1. The van der Waals surface area contributed by atoms with E-state index in [2.05, 4.69) is 10.3 Å². The van der Waals surface area contributed by atoms with Gasteiger partial charge in [-0.15, -0.1) is 0 Å². The van der Waals surface area contributed by atoms with Crippen LogP contribution in [0.5, 0.6) is 5.75 Å². The fourth-order valence-electron chi connectivity index (χ4n) is 3.70. The van der Waals surface area contributed by atoms with Gasteiger partial charge >= 0.3 is 5.97 Å². The number of nitrogens with zero attached hydrogens (tertiary/aromatic N) is 1. The normalized spacial score (nSPS) is 33.3. The number of aromatic nitrogens is 1. The summed E-state index contributed by atoms with van der Waals surface area (Å²) in [6.45, 7) is 3.75. The minimum absolute atomic E-state index is 0.0369. The molecule has 10 heteroatoms. The smallest absolute Gasteiger partial charge is 0.315 e. The zero-order valence-corrected chi connectivity index (χ0v) is 16.7. The number of aromatic hydroxyl groups is 1. The van der Waals surface area contributed by atoms with Crippen molar-refractivity contribution in [1.82, 2.24) is 10.3 Å². The number of carbonyl (C=O) groups excluding carboxylic acids is 2. The maximum absolute atomic E-state index is 12.4. The Morgan fingerprint density at radius 3 is 2.93 bits per heavy atom. The quantitative estimate of drug-likeness (QED) is 0.373. The van der Waals surface area contributed by atoms with Crippen molar-refractivity contribution in [3.63, 3.8) is 0 Å². The van der Waals surface area contributed by atoms with Crippen LogP contribution in [0.15, 0.2) is 11.1 Å². The molecule has 3 aliphatic heterocycles. The summed E-state index contributed by atoms with van der Waals surface area (Å²) in [6.07, 6.45) is 2.33. The van der Waals surface area contributed by atoms with E-state index in [1.54, 1.807) is 6.92 Å². The molecule has 0 bridgehead atoms. The molecule has 0 radical (unpaired) electrons. The number of carbonyl (C=O) groups is 2. The molecule has 3 fully saturated rings. The van der Waals surface area contributed by atoms with Crippen molar-refractivity contribution in [2.45, 2.75) is 32.2 Å². The Kier molecular flexibility index (Phi) is 4.69. The molecular weight excluding hydrogens is 404 g/mol. The fraction of sp³-hybridized carbons (Fsp3) is 0.444. The molecule has 1 amide bonds. The maximum atomic E-state index is 12.4. The summed E-state index contributed by atoms with van der Waals surface area (Å²) in [7, 11) is 0. The third-order valence-electron chi connectivity index (χ3n) is 5.23. The summed E-state index contributed by atoms with van der Waals surface area (Å²) in [6, 6.07) is 0. The maximum Gasteiger partial charge on any atom is 0.315 e. The molecule has 0 saturated carbocycles. The van der Waals surface area contributed by atoms with Gasteiger partial charge in [-0.25, -0.2) is 0 Å². The van der Waals surface area contributed by atoms with Gasteiger partial charge in [0, 0.05) is 17.7 Å². The first-order valence-corrected chi connectivity index (χ1v) is 9.92. The van der Waals surface area contributed by atoms with E-state index in [4.69, 9.17) is 21.7 Å². The summed E-state index contributed by atoms with van der Waals surface area (Å²) < 4.78 is 11.2. The van der Waals surface area contributed by atoms with E-state index in [9.17, 15) is 19.8 Å². The predicted octanol–water partition coefficient (Wildman–Crippen LogP) is 1.02. The molecule has 3 saturated heterocycles. The van der Waals surface area contributed by atoms with Crippen LogP contribution in [0.4, 0.5) is 0 Å². The topological polar surface area (TPSA) is 118 Å². The van der Waals surface area contributed by atoms with Crippen molar-refractivity contribution >= 4 is 46.3 Å². The Bertz CT molecular complexity index is 933. The first kappa shape index (κ1) is 19.3.